The summed E-state index contributed by atoms with van der Waals surface area (Å²) in [5.74, 6) is 0.0123. The van der Waals surface area contributed by atoms with E-state index in [-0.39, 0.29) is 18.4 Å². The third-order valence-corrected chi connectivity index (χ3v) is 7.98. The van der Waals surface area contributed by atoms with E-state index < -0.39 is 6.04 Å². The van der Waals surface area contributed by atoms with Crippen LogP contribution in [0.2, 0.25) is 0 Å². The van der Waals surface area contributed by atoms with Gasteiger partial charge in [-0.2, -0.15) is 5.10 Å². The van der Waals surface area contributed by atoms with Gasteiger partial charge in [-0.25, -0.2) is 4.68 Å². The summed E-state index contributed by atoms with van der Waals surface area (Å²) in [6, 6.07) is 30.5. The van der Waals surface area contributed by atoms with E-state index in [1.807, 2.05) is 83.9 Å². The Balaban J connectivity index is 1.33. The lowest BCUT2D eigenvalue weighted by atomic mass is 9.97. The Bertz CT molecular complexity index is 1750. The molecule has 0 saturated carbocycles. The first-order chi connectivity index (χ1) is 22.1. The molecule has 0 spiro atoms. The van der Waals surface area contributed by atoms with Gasteiger partial charge in [0.25, 0.3) is 0 Å². The SMILES string of the molecule is COc1ccc(/C=C/C(=O)N(Cc2ccc(-n3cccn3)cc2)[C@@H](Cc2ccccc2)C(=O)N2CCc3ccccc3C2)nn1. The zero-order chi connectivity index (χ0) is 31.0. The van der Waals surface area contributed by atoms with Gasteiger partial charge in [0.2, 0.25) is 17.7 Å². The maximum atomic E-state index is 14.5. The maximum Gasteiger partial charge on any atom is 0.247 e. The molecule has 3 heterocycles. The van der Waals surface area contributed by atoms with Crippen LogP contribution in [0.3, 0.4) is 0 Å². The van der Waals surface area contributed by atoms with Crippen LogP contribution in [0.4, 0.5) is 0 Å². The zero-order valence-corrected chi connectivity index (χ0v) is 25.1. The number of hydrogen-bond acceptors (Lipinski definition) is 6. The second-order valence-corrected chi connectivity index (χ2v) is 10.9. The molecule has 0 aliphatic carbocycles. The average Bonchev–Trinajstić information content (AvgIpc) is 3.64. The minimum absolute atomic E-state index is 0.0764. The fourth-order valence-electron chi connectivity index (χ4n) is 5.56. The molecule has 1 aliphatic rings. The second kappa shape index (κ2) is 13.8. The van der Waals surface area contributed by atoms with E-state index in [1.165, 1.54) is 18.7 Å². The third-order valence-electron chi connectivity index (χ3n) is 7.98. The van der Waals surface area contributed by atoms with E-state index in [0.717, 1.165) is 28.8 Å². The summed E-state index contributed by atoms with van der Waals surface area (Å²) in [5.41, 5.74) is 5.68. The van der Waals surface area contributed by atoms with Gasteiger partial charge in [-0.15, -0.1) is 10.2 Å². The summed E-state index contributed by atoms with van der Waals surface area (Å²) in [6.45, 7) is 1.35. The van der Waals surface area contributed by atoms with Crippen molar-refractivity contribution in [2.75, 3.05) is 13.7 Å². The molecule has 6 rings (SSSR count). The molecule has 2 aromatic heterocycles. The minimum Gasteiger partial charge on any atom is -0.480 e. The number of carbonyl (C=O) groups excluding carboxylic acids is 2. The van der Waals surface area contributed by atoms with Crippen molar-refractivity contribution in [1.82, 2.24) is 29.8 Å². The van der Waals surface area contributed by atoms with Gasteiger partial charge < -0.3 is 14.5 Å². The number of carbonyl (C=O) groups is 2. The van der Waals surface area contributed by atoms with Crippen molar-refractivity contribution in [3.8, 4) is 11.6 Å². The van der Waals surface area contributed by atoms with E-state index in [1.54, 1.807) is 34.0 Å². The highest BCUT2D eigenvalue weighted by atomic mass is 16.5. The van der Waals surface area contributed by atoms with E-state index in [4.69, 9.17) is 4.74 Å². The Labute approximate surface area is 262 Å². The predicted molar refractivity (Wildman–Crippen MR) is 171 cm³/mol. The number of amides is 2. The summed E-state index contributed by atoms with van der Waals surface area (Å²) >= 11 is 0. The molecular weight excluding hydrogens is 564 g/mol. The largest absolute Gasteiger partial charge is 0.480 e. The van der Waals surface area contributed by atoms with Crippen molar-refractivity contribution in [1.29, 1.82) is 0 Å². The van der Waals surface area contributed by atoms with E-state index in [9.17, 15) is 9.59 Å². The number of aromatic nitrogens is 4. The van der Waals surface area contributed by atoms with Gasteiger partial charge in [-0.1, -0.05) is 66.7 Å². The molecule has 0 radical (unpaired) electrons. The number of benzene rings is 3. The topological polar surface area (TPSA) is 93.5 Å². The first kappa shape index (κ1) is 29.5. The summed E-state index contributed by atoms with van der Waals surface area (Å²) in [7, 11) is 1.52. The number of nitrogens with zero attached hydrogens (tertiary/aromatic N) is 6. The fourth-order valence-corrected chi connectivity index (χ4v) is 5.56. The normalized spacial score (nSPS) is 13.3. The molecule has 0 unspecified atom stereocenters. The summed E-state index contributed by atoms with van der Waals surface area (Å²) in [4.78, 5) is 32.1. The Morgan fingerprint density at radius 1 is 0.889 bits per heavy atom. The van der Waals surface area contributed by atoms with Gasteiger partial charge in [0.15, 0.2) is 0 Å². The van der Waals surface area contributed by atoms with Gasteiger partial charge in [-0.05, 0) is 59.0 Å². The van der Waals surface area contributed by atoms with Crippen molar-refractivity contribution in [2.45, 2.75) is 32.0 Å². The summed E-state index contributed by atoms with van der Waals surface area (Å²) in [6.07, 6.45) is 7.84. The molecule has 9 nitrogen and oxygen atoms in total. The minimum atomic E-state index is -0.734. The molecule has 1 aliphatic heterocycles. The molecule has 226 valence electrons. The molecule has 9 heteroatoms. The summed E-state index contributed by atoms with van der Waals surface area (Å²) < 4.78 is 6.88. The summed E-state index contributed by atoms with van der Waals surface area (Å²) in [5, 5.41) is 12.4. The number of hydrogen-bond donors (Lipinski definition) is 0. The average molecular weight is 599 g/mol. The maximum absolute atomic E-state index is 14.5. The monoisotopic (exact) mass is 598 g/mol. The van der Waals surface area contributed by atoms with Crippen LogP contribution in [-0.2, 0) is 35.5 Å². The lowest BCUT2D eigenvalue weighted by Gasteiger charge is -2.37. The van der Waals surface area contributed by atoms with Crippen molar-refractivity contribution in [3.05, 3.63) is 143 Å². The Hall–Kier alpha value is -5.57. The molecule has 3 aromatic carbocycles. The predicted octanol–water partition coefficient (Wildman–Crippen LogP) is 4.91. The van der Waals surface area contributed by atoms with E-state index >= 15 is 0 Å². The molecule has 0 N–H and O–H groups in total. The van der Waals surface area contributed by atoms with Crippen LogP contribution in [0.1, 0.15) is 27.9 Å². The number of methoxy groups -OCH3 is 1. The fraction of sp³-hybridized carbons (Fsp3) is 0.194. The smallest absolute Gasteiger partial charge is 0.247 e. The lowest BCUT2D eigenvalue weighted by Crippen LogP contribution is -2.52. The van der Waals surface area contributed by atoms with Gasteiger partial charge in [0.1, 0.15) is 6.04 Å². The van der Waals surface area contributed by atoms with Crippen LogP contribution in [-0.4, -0.2) is 61.3 Å². The Morgan fingerprint density at radius 3 is 2.38 bits per heavy atom. The molecule has 0 saturated heterocycles. The lowest BCUT2D eigenvalue weighted by molar-refractivity contribution is -0.144. The highest BCUT2D eigenvalue weighted by molar-refractivity contribution is 5.95. The van der Waals surface area contributed by atoms with Gasteiger partial charge >= 0.3 is 0 Å². The molecule has 5 aromatic rings. The molecule has 0 fully saturated rings. The Morgan fingerprint density at radius 2 is 1.67 bits per heavy atom. The van der Waals surface area contributed by atoms with Crippen LogP contribution in [0, 0.1) is 0 Å². The first-order valence-electron chi connectivity index (χ1n) is 14.9. The highest BCUT2D eigenvalue weighted by Crippen LogP contribution is 2.23. The van der Waals surface area contributed by atoms with Crippen LogP contribution >= 0.6 is 0 Å². The van der Waals surface area contributed by atoms with Gasteiger partial charge in [0, 0.05) is 50.6 Å². The first-order valence-corrected chi connectivity index (χ1v) is 14.9. The van der Waals surface area contributed by atoms with Crippen LogP contribution in [0.5, 0.6) is 5.88 Å². The Kier molecular flexibility index (Phi) is 9.06. The van der Waals surface area contributed by atoms with Crippen LogP contribution in [0.15, 0.2) is 116 Å². The quantitative estimate of drug-likeness (QED) is 0.212. The van der Waals surface area contributed by atoms with Crippen LogP contribution in [0.25, 0.3) is 11.8 Å². The van der Waals surface area contributed by atoms with Crippen LogP contribution < -0.4 is 4.74 Å². The molecule has 1 atom stereocenters. The number of rotatable bonds is 10. The third kappa shape index (κ3) is 7.15. The molecule has 45 heavy (non-hydrogen) atoms. The van der Waals surface area contributed by atoms with Crippen molar-refractivity contribution in [3.63, 3.8) is 0 Å². The van der Waals surface area contributed by atoms with E-state index in [2.05, 4.69) is 27.4 Å². The van der Waals surface area contributed by atoms with Crippen molar-refractivity contribution in [2.24, 2.45) is 0 Å². The van der Waals surface area contributed by atoms with E-state index in [0.29, 0.717) is 31.1 Å². The zero-order valence-electron chi connectivity index (χ0n) is 25.1. The van der Waals surface area contributed by atoms with Gasteiger partial charge in [-0.3, -0.25) is 9.59 Å². The molecule has 0 bridgehead atoms. The van der Waals surface area contributed by atoms with Crippen molar-refractivity contribution >= 4 is 17.9 Å². The number of fused-ring (bicyclic) bond motifs is 1. The second-order valence-electron chi connectivity index (χ2n) is 10.9. The number of ether oxygens (including phenoxy) is 1. The molecular formula is C36H34N6O3. The standard InChI is InChI=1S/C36H34N6O3/c1-45-34-18-14-31(38-39-34)15-19-35(43)41(25-28-12-16-32(17-13-28)42-22-7-21-37-42)33(24-27-8-3-2-4-9-27)36(44)40-23-20-29-10-5-6-11-30(29)26-40/h2-19,21-22,33H,20,23-26H2,1H3/b19-15+/t33-/m0/s1. The highest BCUT2D eigenvalue weighted by Gasteiger charge is 2.34. The van der Waals surface area contributed by atoms with Crippen molar-refractivity contribution < 1.29 is 14.3 Å². The van der Waals surface area contributed by atoms with Gasteiger partial charge in [0.05, 0.1) is 18.5 Å². The molecule has 2 amide bonds.